The molecule has 3 nitrogen and oxygen atoms in total. The van der Waals surface area contributed by atoms with Gasteiger partial charge in [0.25, 0.3) is 0 Å². The molecule has 0 aliphatic carbocycles. The van der Waals surface area contributed by atoms with Crippen molar-refractivity contribution in [3.05, 3.63) is 47.3 Å². The summed E-state index contributed by atoms with van der Waals surface area (Å²) in [5, 5.41) is 0.505. The molecule has 1 aromatic rings. The third kappa shape index (κ3) is 2.26. The first kappa shape index (κ1) is 11.9. The van der Waals surface area contributed by atoms with E-state index in [2.05, 4.69) is 11.6 Å². The molecule has 90 valence electrons. The Labute approximate surface area is 104 Å². The normalized spacial score (nSPS) is 19.3. The summed E-state index contributed by atoms with van der Waals surface area (Å²) in [5.74, 6) is 0.118. The fourth-order valence-corrected chi connectivity index (χ4v) is 2.11. The molecule has 0 spiro atoms. The molecule has 0 bridgehead atoms. The molecular formula is C12H13ClFN3. The smallest absolute Gasteiger partial charge is 0.192 e. The van der Waals surface area contributed by atoms with Gasteiger partial charge in [-0.2, -0.15) is 0 Å². The maximum atomic E-state index is 13.8. The van der Waals surface area contributed by atoms with E-state index in [1.54, 1.807) is 12.1 Å². The number of guanidine groups is 1. The molecule has 1 heterocycles. The highest BCUT2D eigenvalue weighted by Gasteiger charge is 2.28. The molecule has 1 unspecified atom stereocenters. The van der Waals surface area contributed by atoms with Crippen molar-refractivity contribution in [2.24, 2.45) is 10.7 Å². The molecule has 5 heteroatoms. The summed E-state index contributed by atoms with van der Waals surface area (Å²) in [5.41, 5.74) is 6.27. The summed E-state index contributed by atoms with van der Waals surface area (Å²) in [6.07, 6.45) is 1.71. The van der Waals surface area contributed by atoms with Gasteiger partial charge in [0.1, 0.15) is 5.82 Å². The average Bonchev–Trinajstić information content (AvgIpc) is 2.65. The molecule has 2 rings (SSSR count). The summed E-state index contributed by atoms with van der Waals surface area (Å²) in [7, 11) is 0. The third-order valence-corrected chi connectivity index (χ3v) is 2.97. The number of aliphatic imine (C=N–C) groups is 1. The van der Waals surface area contributed by atoms with Crippen molar-refractivity contribution in [1.29, 1.82) is 0 Å². The zero-order valence-electron chi connectivity index (χ0n) is 9.24. The molecule has 0 saturated carbocycles. The van der Waals surface area contributed by atoms with Gasteiger partial charge in [0.05, 0.1) is 12.6 Å². The van der Waals surface area contributed by atoms with Crippen LogP contribution in [0.1, 0.15) is 11.6 Å². The van der Waals surface area contributed by atoms with Crippen LogP contribution in [0.3, 0.4) is 0 Å². The van der Waals surface area contributed by atoms with Gasteiger partial charge in [0, 0.05) is 17.1 Å². The number of hydrogen-bond donors (Lipinski definition) is 1. The van der Waals surface area contributed by atoms with E-state index in [4.69, 9.17) is 17.3 Å². The molecule has 1 aliphatic heterocycles. The maximum Gasteiger partial charge on any atom is 0.192 e. The molecular weight excluding hydrogens is 241 g/mol. The average molecular weight is 254 g/mol. The van der Waals surface area contributed by atoms with Gasteiger partial charge in [-0.05, 0) is 18.2 Å². The fraction of sp³-hybridized carbons (Fsp3) is 0.250. The van der Waals surface area contributed by atoms with Crippen molar-refractivity contribution in [1.82, 2.24) is 4.90 Å². The van der Waals surface area contributed by atoms with Crippen LogP contribution in [0.4, 0.5) is 4.39 Å². The minimum atomic E-state index is -0.293. The van der Waals surface area contributed by atoms with E-state index in [9.17, 15) is 4.39 Å². The van der Waals surface area contributed by atoms with E-state index in [0.717, 1.165) is 0 Å². The number of benzene rings is 1. The predicted molar refractivity (Wildman–Crippen MR) is 67.5 cm³/mol. The van der Waals surface area contributed by atoms with Gasteiger partial charge >= 0.3 is 0 Å². The lowest BCUT2D eigenvalue weighted by atomic mass is 10.1. The van der Waals surface area contributed by atoms with Crippen LogP contribution in [-0.2, 0) is 0 Å². The summed E-state index contributed by atoms with van der Waals surface area (Å²) in [4.78, 5) is 5.93. The van der Waals surface area contributed by atoms with Crippen LogP contribution in [0.25, 0.3) is 0 Å². The first-order valence-electron chi connectivity index (χ1n) is 5.26. The molecule has 1 atom stereocenters. The molecule has 0 aromatic heterocycles. The minimum Gasteiger partial charge on any atom is -0.370 e. The van der Waals surface area contributed by atoms with Crippen LogP contribution in [0.2, 0.25) is 5.02 Å². The Balaban J connectivity index is 2.33. The first-order chi connectivity index (χ1) is 8.13. The lowest BCUT2D eigenvalue weighted by Gasteiger charge is -2.25. The Kier molecular flexibility index (Phi) is 3.33. The van der Waals surface area contributed by atoms with E-state index < -0.39 is 0 Å². The molecule has 17 heavy (non-hydrogen) atoms. The maximum absolute atomic E-state index is 13.8. The summed E-state index contributed by atoms with van der Waals surface area (Å²) in [6.45, 7) is 4.63. The van der Waals surface area contributed by atoms with E-state index in [0.29, 0.717) is 29.6 Å². The topological polar surface area (TPSA) is 41.6 Å². The van der Waals surface area contributed by atoms with Crippen LogP contribution in [0.5, 0.6) is 0 Å². The van der Waals surface area contributed by atoms with Crippen molar-refractivity contribution in [3.8, 4) is 0 Å². The summed E-state index contributed by atoms with van der Waals surface area (Å²) in [6, 6.07) is 4.30. The Hall–Kier alpha value is -1.55. The van der Waals surface area contributed by atoms with Crippen molar-refractivity contribution in [3.63, 3.8) is 0 Å². The monoisotopic (exact) mass is 253 g/mol. The lowest BCUT2D eigenvalue weighted by molar-refractivity contribution is 0.369. The number of hydrogen-bond acceptors (Lipinski definition) is 3. The van der Waals surface area contributed by atoms with Crippen LogP contribution in [0, 0.1) is 5.82 Å². The van der Waals surface area contributed by atoms with Crippen LogP contribution < -0.4 is 5.73 Å². The van der Waals surface area contributed by atoms with Crippen molar-refractivity contribution in [2.75, 3.05) is 13.1 Å². The van der Waals surface area contributed by atoms with Gasteiger partial charge < -0.3 is 10.6 Å². The summed E-state index contributed by atoms with van der Waals surface area (Å²) >= 11 is 5.88. The molecule has 0 saturated heterocycles. The molecule has 2 N–H and O–H groups in total. The standard InChI is InChI=1S/C12H13ClFN3/c1-2-5-17-11(7-16-12(17)15)9-6-8(13)3-4-10(9)14/h2-4,6,11H,1,5,7H2,(H2,15,16). The Bertz CT molecular complexity index is 473. The zero-order valence-corrected chi connectivity index (χ0v) is 9.99. The minimum absolute atomic E-state index is 0.202. The fourth-order valence-electron chi connectivity index (χ4n) is 1.93. The second-order valence-corrected chi connectivity index (χ2v) is 4.26. The van der Waals surface area contributed by atoms with Crippen LogP contribution in [0.15, 0.2) is 35.8 Å². The Morgan fingerprint density at radius 1 is 1.65 bits per heavy atom. The first-order valence-corrected chi connectivity index (χ1v) is 5.63. The third-order valence-electron chi connectivity index (χ3n) is 2.74. The summed E-state index contributed by atoms with van der Waals surface area (Å²) < 4.78 is 13.8. The van der Waals surface area contributed by atoms with Gasteiger partial charge in [-0.1, -0.05) is 17.7 Å². The number of nitrogens with two attached hydrogens (primary N) is 1. The largest absolute Gasteiger partial charge is 0.370 e. The second-order valence-electron chi connectivity index (χ2n) is 3.82. The molecule has 1 aromatic carbocycles. The van der Waals surface area contributed by atoms with Crippen molar-refractivity contribution in [2.45, 2.75) is 6.04 Å². The van der Waals surface area contributed by atoms with Crippen LogP contribution in [-0.4, -0.2) is 23.9 Å². The van der Waals surface area contributed by atoms with E-state index in [1.165, 1.54) is 12.1 Å². The molecule has 1 aliphatic rings. The highest BCUT2D eigenvalue weighted by atomic mass is 35.5. The van der Waals surface area contributed by atoms with Gasteiger partial charge in [-0.25, -0.2) is 4.39 Å². The van der Waals surface area contributed by atoms with E-state index in [-0.39, 0.29) is 11.9 Å². The highest BCUT2D eigenvalue weighted by molar-refractivity contribution is 6.30. The van der Waals surface area contributed by atoms with Gasteiger partial charge in [-0.3, -0.25) is 4.99 Å². The van der Waals surface area contributed by atoms with E-state index in [1.807, 2.05) is 4.90 Å². The number of halogens is 2. The quantitative estimate of drug-likeness (QED) is 0.840. The van der Waals surface area contributed by atoms with E-state index >= 15 is 0 Å². The zero-order chi connectivity index (χ0) is 12.4. The Morgan fingerprint density at radius 2 is 2.41 bits per heavy atom. The molecule has 0 fully saturated rings. The number of nitrogens with zero attached hydrogens (tertiary/aromatic N) is 2. The SMILES string of the molecule is C=CCN1C(N)=NCC1c1cc(Cl)ccc1F. The number of rotatable bonds is 3. The van der Waals surface area contributed by atoms with Gasteiger partial charge in [-0.15, -0.1) is 6.58 Å². The van der Waals surface area contributed by atoms with Crippen molar-refractivity contribution < 1.29 is 4.39 Å². The highest BCUT2D eigenvalue weighted by Crippen LogP contribution is 2.29. The molecule has 0 radical (unpaired) electrons. The molecule has 0 amide bonds. The second kappa shape index (κ2) is 4.75. The van der Waals surface area contributed by atoms with Crippen molar-refractivity contribution >= 4 is 17.6 Å². The van der Waals surface area contributed by atoms with Crippen LogP contribution >= 0.6 is 11.6 Å². The van der Waals surface area contributed by atoms with Gasteiger partial charge in [0.2, 0.25) is 0 Å². The van der Waals surface area contributed by atoms with Gasteiger partial charge in [0.15, 0.2) is 5.96 Å². The lowest BCUT2D eigenvalue weighted by Crippen LogP contribution is -2.36. The Morgan fingerprint density at radius 3 is 3.12 bits per heavy atom. The predicted octanol–water partition coefficient (Wildman–Crippen LogP) is 2.34.